The van der Waals surface area contributed by atoms with Crippen LogP contribution >= 0.6 is 23.2 Å². The zero-order chi connectivity index (χ0) is 27.5. The molecule has 1 fully saturated rings. The molecule has 1 saturated heterocycles. The van der Waals surface area contributed by atoms with Gasteiger partial charge in [-0.2, -0.15) is 0 Å². The van der Waals surface area contributed by atoms with E-state index in [4.69, 9.17) is 38.1 Å². The van der Waals surface area contributed by atoms with Gasteiger partial charge in [0.25, 0.3) is 11.8 Å². The molecule has 0 aliphatic carbocycles. The molecule has 4 N–H and O–H groups in total. The molecule has 2 aromatic rings. The first-order chi connectivity index (χ1) is 17.3. The van der Waals surface area contributed by atoms with Crippen molar-refractivity contribution in [3.05, 3.63) is 51.4 Å². The van der Waals surface area contributed by atoms with E-state index in [-0.39, 0.29) is 51.7 Å². The van der Waals surface area contributed by atoms with E-state index in [0.29, 0.717) is 5.82 Å². The molecule has 13 heteroatoms. The van der Waals surface area contributed by atoms with Crippen LogP contribution in [0.4, 0.5) is 10.2 Å². The van der Waals surface area contributed by atoms with Gasteiger partial charge >= 0.3 is 0 Å². The number of hydrogen-bond donors (Lipinski definition) is 4. The Hall–Kier alpha value is -2.99. The number of carbonyl (C=O) groups is 2. The van der Waals surface area contributed by atoms with Crippen molar-refractivity contribution >= 4 is 47.2 Å². The van der Waals surface area contributed by atoms with Crippen LogP contribution in [0.15, 0.2) is 24.4 Å². The summed E-state index contributed by atoms with van der Waals surface area (Å²) in [5.74, 6) is -2.15. The van der Waals surface area contributed by atoms with E-state index in [1.165, 1.54) is 23.2 Å². The largest absolute Gasteiger partial charge is 0.489 e. The normalized spacial score (nSPS) is 18.4. The highest BCUT2D eigenvalue weighted by Gasteiger charge is 2.37. The van der Waals surface area contributed by atoms with Crippen LogP contribution in [0.3, 0.4) is 0 Å². The van der Waals surface area contributed by atoms with Crippen molar-refractivity contribution < 1.29 is 23.5 Å². The summed E-state index contributed by atoms with van der Waals surface area (Å²) >= 11 is 12.4. The van der Waals surface area contributed by atoms with Gasteiger partial charge in [0.1, 0.15) is 12.3 Å². The highest BCUT2D eigenvalue weighted by molar-refractivity contribution is 6.34. The third kappa shape index (κ3) is 6.86. The quantitative estimate of drug-likeness (QED) is 0.221. The van der Waals surface area contributed by atoms with Gasteiger partial charge in [-0.3, -0.25) is 31.2 Å². The van der Waals surface area contributed by atoms with Crippen LogP contribution in [0, 0.1) is 11.2 Å². The standard InChI is InChI=1S/C24H29Cl2FN6O4/c1-12(2)33(11-28)21-17(26)6-14(9-29-21)22(34)31-32-23(35)15-7-18(27)20(8-16(15)25)36-10-19-13(3)37-24(4,5)30-19/h6-9,11-13,19,28,30H,10H2,1-5H3,(H,31,34)(H,32,35). The molecule has 1 aromatic carbocycles. The van der Waals surface area contributed by atoms with E-state index < -0.39 is 23.4 Å². The SMILES string of the molecule is CC1OC(C)(C)NC1COc1cc(Cl)c(C(=O)NNC(=O)c2cnc(N(C=N)C(C)C)c(Cl)c2)cc1F. The first kappa shape index (κ1) is 28.6. The third-order valence-corrected chi connectivity index (χ3v) is 6.17. The van der Waals surface area contributed by atoms with Gasteiger partial charge in [0.05, 0.1) is 39.7 Å². The van der Waals surface area contributed by atoms with Crippen LogP contribution in [-0.2, 0) is 4.74 Å². The summed E-state index contributed by atoms with van der Waals surface area (Å²) in [5.41, 5.74) is 3.75. The molecule has 0 saturated carbocycles. The number of anilines is 1. The number of amides is 2. The van der Waals surface area contributed by atoms with Crippen molar-refractivity contribution in [3.63, 3.8) is 0 Å². The average Bonchev–Trinajstić information content (AvgIpc) is 3.09. The minimum absolute atomic E-state index is 0.0608. The van der Waals surface area contributed by atoms with Crippen molar-refractivity contribution in [2.24, 2.45) is 0 Å². The second-order valence-corrected chi connectivity index (χ2v) is 10.0. The molecular formula is C24H29Cl2FN6O4. The highest BCUT2D eigenvalue weighted by atomic mass is 35.5. The Morgan fingerprint density at radius 1 is 1.27 bits per heavy atom. The van der Waals surface area contributed by atoms with E-state index in [9.17, 15) is 14.0 Å². The Bertz CT molecular complexity index is 1200. The molecule has 200 valence electrons. The van der Waals surface area contributed by atoms with Crippen molar-refractivity contribution in [3.8, 4) is 5.75 Å². The Balaban J connectivity index is 1.62. The monoisotopic (exact) mass is 554 g/mol. The fraction of sp³-hybridized carbons (Fsp3) is 0.417. The molecule has 2 unspecified atom stereocenters. The number of aromatic nitrogens is 1. The molecule has 0 spiro atoms. The number of ether oxygens (including phenoxy) is 2. The number of halogens is 3. The molecule has 1 aliphatic heterocycles. The summed E-state index contributed by atoms with van der Waals surface area (Å²) in [6.07, 6.45) is 2.19. The highest BCUT2D eigenvalue weighted by Crippen LogP contribution is 2.28. The smallest absolute Gasteiger partial charge is 0.271 e. The lowest BCUT2D eigenvalue weighted by molar-refractivity contribution is -0.0178. The molecule has 37 heavy (non-hydrogen) atoms. The minimum atomic E-state index is -0.838. The number of rotatable bonds is 8. The lowest BCUT2D eigenvalue weighted by Gasteiger charge is -2.23. The molecule has 1 aliphatic rings. The second-order valence-electron chi connectivity index (χ2n) is 9.23. The van der Waals surface area contributed by atoms with Gasteiger partial charge < -0.3 is 14.4 Å². The summed E-state index contributed by atoms with van der Waals surface area (Å²) in [4.78, 5) is 30.7. The second kappa shape index (κ2) is 11.6. The molecule has 3 rings (SSSR count). The predicted molar refractivity (Wildman–Crippen MR) is 139 cm³/mol. The Labute approximate surface area is 224 Å². The van der Waals surface area contributed by atoms with Gasteiger partial charge in [-0.1, -0.05) is 23.2 Å². The molecular weight excluding hydrogens is 526 g/mol. The predicted octanol–water partition coefficient (Wildman–Crippen LogP) is 3.92. The lowest BCUT2D eigenvalue weighted by atomic mass is 10.2. The van der Waals surface area contributed by atoms with Crippen LogP contribution in [0.25, 0.3) is 0 Å². The number of benzene rings is 1. The zero-order valence-corrected chi connectivity index (χ0v) is 22.5. The fourth-order valence-electron chi connectivity index (χ4n) is 3.77. The molecule has 2 atom stereocenters. The maximum atomic E-state index is 14.7. The van der Waals surface area contributed by atoms with Crippen molar-refractivity contribution in [1.82, 2.24) is 21.2 Å². The number of nitrogens with one attached hydrogen (secondary N) is 4. The zero-order valence-electron chi connectivity index (χ0n) is 21.0. The Morgan fingerprint density at radius 2 is 1.95 bits per heavy atom. The Kier molecular flexibility index (Phi) is 8.96. The number of hydrazine groups is 1. The van der Waals surface area contributed by atoms with Crippen LogP contribution in [0.1, 0.15) is 55.3 Å². The van der Waals surface area contributed by atoms with E-state index in [1.807, 2.05) is 34.6 Å². The van der Waals surface area contributed by atoms with E-state index in [0.717, 1.165) is 12.4 Å². The summed E-state index contributed by atoms with van der Waals surface area (Å²) in [5, 5.41) is 10.8. The van der Waals surface area contributed by atoms with Crippen LogP contribution in [0.2, 0.25) is 10.0 Å². The maximum Gasteiger partial charge on any atom is 0.271 e. The third-order valence-electron chi connectivity index (χ3n) is 5.58. The van der Waals surface area contributed by atoms with Gasteiger partial charge in [0.2, 0.25) is 0 Å². The van der Waals surface area contributed by atoms with Crippen molar-refractivity contribution in [2.75, 3.05) is 11.5 Å². The molecule has 0 radical (unpaired) electrons. The lowest BCUT2D eigenvalue weighted by Crippen LogP contribution is -2.42. The molecule has 2 heterocycles. The number of carbonyl (C=O) groups excluding carboxylic acids is 2. The topological polar surface area (TPSA) is 129 Å². The van der Waals surface area contributed by atoms with Gasteiger partial charge in [-0.15, -0.1) is 0 Å². The van der Waals surface area contributed by atoms with E-state index in [1.54, 1.807) is 0 Å². The average molecular weight is 555 g/mol. The van der Waals surface area contributed by atoms with Gasteiger partial charge in [-0.25, -0.2) is 9.37 Å². The van der Waals surface area contributed by atoms with E-state index >= 15 is 0 Å². The Morgan fingerprint density at radius 3 is 2.51 bits per heavy atom. The summed E-state index contributed by atoms with van der Waals surface area (Å²) in [6.45, 7) is 9.49. The molecule has 0 bridgehead atoms. The van der Waals surface area contributed by atoms with Crippen molar-refractivity contribution in [1.29, 1.82) is 5.41 Å². The van der Waals surface area contributed by atoms with Crippen LogP contribution < -0.4 is 25.8 Å². The van der Waals surface area contributed by atoms with Gasteiger partial charge in [0.15, 0.2) is 17.4 Å². The first-order valence-electron chi connectivity index (χ1n) is 11.5. The van der Waals surface area contributed by atoms with Crippen molar-refractivity contribution in [2.45, 2.75) is 58.5 Å². The van der Waals surface area contributed by atoms with Gasteiger partial charge in [0, 0.05) is 18.3 Å². The fourth-order valence-corrected chi connectivity index (χ4v) is 4.27. The number of pyridine rings is 1. The van der Waals surface area contributed by atoms with Gasteiger partial charge in [-0.05, 0) is 46.8 Å². The first-order valence-corrected chi connectivity index (χ1v) is 12.2. The molecule has 1 aromatic heterocycles. The van der Waals surface area contributed by atoms with Crippen LogP contribution in [0.5, 0.6) is 5.75 Å². The molecule has 2 amide bonds. The number of nitrogens with zero attached hydrogens (tertiary/aromatic N) is 2. The maximum absolute atomic E-state index is 14.7. The summed E-state index contributed by atoms with van der Waals surface area (Å²) < 4.78 is 26.0. The van der Waals surface area contributed by atoms with E-state index in [2.05, 4.69) is 21.2 Å². The number of hydrogen-bond acceptors (Lipinski definition) is 7. The minimum Gasteiger partial charge on any atom is -0.489 e. The molecule has 10 nitrogen and oxygen atoms in total. The summed E-state index contributed by atoms with van der Waals surface area (Å²) in [6, 6.07) is 3.24. The van der Waals surface area contributed by atoms with Crippen LogP contribution in [-0.4, -0.2) is 53.7 Å². The summed E-state index contributed by atoms with van der Waals surface area (Å²) in [7, 11) is 0.